The Morgan fingerprint density at radius 3 is 2.08 bits per heavy atom. The third-order valence-corrected chi connectivity index (χ3v) is 4.75. The SMILES string of the molecule is CC(CC1CO1)C1C(=O)NC(=O)NC1=O.c1c(CC2CO2)cc2cc1-2. The Morgan fingerprint density at radius 2 is 1.56 bits per heavy atom. The minimum atomic E-state index is -0.785. The van der Waals surface area contributed by atoms with Crippen LogP contribution in [0.15, 0.2) is 18.2 Å². The van der Waals surface area contributed by atoms with Crippen LogP contribution in [0.1, 0.15) is 18.9 Å². The average Bonchev–Trinajstić information content (AvgIpc) is 3.39. The first kappa shape index (κ1) is 16.2. The van der Waals surface area contributed by atoms with Gasteiger partial charge in [-0.2, -0.15) is 0 Å². The van der Waals surface area contributed by atoms with E-state index in [9.17, 15) is 14.4 Å². The van der Waals surface area contributed by atoms with Gasteiger partial charge in [-0.1, -0.05) is 19.1 Å². The largest absolute Gasteiger partial charge is 0.373 e. The number of barbiturate groups is 1. The number of rotatable bonds is 5. The van der Waals surface area contributed by atoms with Gasteiger partial charge in [0.15, 0.2) is 0 Å². The van der Waals surface area contributed by atoms with E-state index in [2.05, 4.69) is 28.8 Å². The fourth-order valence-electron chi connectivity index (χ4n) is 3.19. The van der Waals surface area contributed by atoms with Gasteiger partial charge in [0.25, 0.3) is 0 Å². The van der Waals surface area contributed by atoms with Crippen LogP contribution in [0.25, 0.3) is 11.1 Å². The molecule has 3 fully saturated rings. The van der Waals surface area contributed by atoms with Gasteiger partial charge in [-0.15, -0.1) is 0 Å². The van der Waals surface area contributed by atoms with E-state index in [-0.39, 0.29) is 12.0 Å². The summed E-state index contributed by atoms with van der Waals surface area (Å²) in [6.07, 6.45) is 2.50. The number of hydrogen-bond donors (Lipinski definition) is 2. The minimum Gasteiger partial charge on any atom is -0.373 e. The van der Waals surface area contributed by atoms with E-state index < -0.39 is 23.8 Å². The maximum Gasteiger partial charge on any atom is 0.328 e. The van der Waals surface area contributed by atoms with Gasteiger partial charge >= 0.3 is 6.03 Å². The summed E-state index contributed by atoms with van der Waals surface area (Å²) in [6.45, 7) is 3.47. The predicted molar refractivity (Wildman–Crippen MR) is 87.6 cm³/mol. The molecule has 0 bridgehead atoms. The summed E-state index contributed by atoms with van der Waals surface area (Å²) in [4.78, 5) is 33.6. The lowest BCUT2D eigenvalue weighted by Crippen LogP contribution is -2.57. The van der Waals surface area contributed by atoms with Crippen LogP contribution in [0, 0.1) is 11.8 Å². The molecule has 7 nitrogen and oxygen atoms in total. The number of ether oxygens (including phenoxy) is 2. The van der Waals surface area contributed by atoms with Gasteiger partial charge < -0.3 is 9.47 Å². The van der Waals surface area contributed by atoms with Crippen LogP contribution in [0.4, 0.5) is 4.79 Å². The first-order valence-corrected chi connectivity index (χ1v) is 8.53. The molecule has 5 aliphatic rings. The van der Waals surface area contributed by atoms with Crippen molar-refractivity contribution in [1.29, 1.82) is 0 Å². The van der Waals surface area contributed by atoms with Crippen molar-refractivity contribution in [3.8, 4) is 11.1 Å². The first-order valence-electron chi connectivity index (χ1n) is 8.53. The highest BCUT2D eigenvalue weighted by Crippen LogP contribution is 2.37. The van der Waals surface area contributed by atoms with E-state index in [1.54, 1.807) is 6.92 Å². The van der Waals surface area contributed by atoms with Crippen LogP contribution in [0.2, 0.25) is 0 Å². The zero-order chi connectivity index (χ0) is 17.6. The van der Waals surface area contributed by atoms with Crippen LogP contribution in [-0.4, -0.2) is 43.3 Å². The van der Waals surface area contributed by atoms with Gasteiger partial charge in [0.2, 0.25) is 11.8 Å². The molecule has 4 amide bonds. The number of epoxide rings is 2. The predicted octanol–water partition coefficient (Wildman–Crippen LogP) is 1.00. The number of urea groups is 1. The lowest BCUT2D eigenvalue weighted by Gasteiger charge is -2.25. The van der Waals surface area contributed by atoms with Crippen molar-refractivity contribution < 1.29 is 23.9 Å². The molecule has 3 atom stereocenters. The number of imide groups is 2. The molecule has 2 N–H and O–H groups in total. The van der Waals surface area contributed by atoms with Crippen molar-refractivity contribution in [3.05, 3.63) is 23.8 Å². The van der Waals surface area contributed by atoms with Crippen molar-refractivity contribution >= 4 is 17.8 Å². The fourth-order valence-corrected chi connectivity index (χ4v) is 3.19. The Balaban J connectivity index is 0.000000134. The molecule has 0 radical (unpaired) electrons. The van der Waals surface area contributed by atoms with E-state index in [0.29, 0.717) is 19.1 Å². The maximum absolute atomic E-state index is 11.4. The molecule has 0 saturated carbocycles. The molecular weight excluding hydrogens is 324 g/mol. The molecule has 25 heavy (non-hydrogen) atoms. The van der Waals surface area contributed by atoms with Crippen molar-refractivity contribution in [2.75, 3.05) is 13.2 Å². The molecule has 132 valence electrons. The van der Waals surface area contributed by atoms with Crippen LogP contribution in [-0.2, 0) is 25.5 Å². The Hall–Kier alpha value is -2.25. The number of fused-ring (bicyclic) bond motifs is 1. The summed E-state index contributed by atoms with van der Waals surface area (Å²) in [6, 6.07) is 5.99. The standard InChI is InChI=1S/C9H12N2O4.C9H8O/c1-4(2-5-3-15-5)6-7(12)10-9(14)11-8(6)13;1-6(3-9-5-10-9)2-8-4-7(1)8/h4-6H,2-3H2,1H3,(H2,10,11,12,13,14);1-2,4,9H,3,5H2. The summed E-state index contributed by atoms with van der Waals surface area (Å²) in [5.41, 5.74) is 4.33. The van der Waals surface area contributed by atoms with E-state index in [1.807, 2.05) is 0 Å². The third kappa shape index (κ3) is 4.05. The van der Waals surface area contributed by atoms with Crippen molar-refractivity contribution in [1.82, 2.24) is 10.6 Å². The summed E-state index contributed by atoms with van der Waals surface area (Å²) < 4.78 is 10.2. The number of hydrogen-bond acceptors (Lipinski definition) is 5. The molecule has 3 aliphatic heterocycles. The van der Waals surface area contributed by atoms with Gasteiger partial charge in [0, 0.05) is 6.42 Å². The summed E-state index contributed by atoms with van der Waals surface area (Å²) in [7, 11) is 0. The van der Waals surface area contributed by atoms with Gasteiger partial charge in [-0.3, -0.25) is 20.2 Å². The van der Waals surface area contributed by atoms with Crippen LogP contribution in [0.3, 0.4) is 0 Å². The van der Waals surface area contributed by atoms with E-state index >= 15 is 0 Å². The highest BCUT2D eigenvalue weighted by Gasteiger charge is 2.40. The second-order valence-electron chi connectivity index (χ2n) is 7.03. The molecule has 2 aliphatic carbocycles. The fraction of sp³-hybridized carbons (Fsp3) is 0.500. The molecule has 3 saturated heterocycles. The Bertz CT molecular complexity index is 699. The third-order valence-electron chi connectivity index (χ3n) is 4.75. The lowest BCUT2D eigenvalue weighted by molar-refractivity contribution is -0.138. The zero-order valence-electron chi connectivity index (χ0n) is 13.9. The molecule has 7 heteroatoms. The average molecular weight is 344 g/mol. The highest BCUT2D eigenvalue weighted by molar-refractivity contribution is 6.16. The van der Waals surface area contributed by atoms with E-state index in [0.717, 1.165) is 13.0 Å². The second kappa shape index (κ2) is 6.24. The van der Waals surface area contributed by atoms with Crippen LogP contribution in [0.5, 0.6) is 0 Å². The topological polar surface area (TPSA) is 100 Å². The molecule has 0 aromatic carbocycles. The van der Waals surface area contributed by atoms with Crippen molar-refractivity contribution in [3.63, 3.8) is 0 Å². The molecular formula is C18H20N2O5. The van der Waals surface area contributed by atoms with Gasteiger partial charge in [-0.25, -0.2) is 4.79 Å². The molecule has 0 spiro atoms. The number of carbonyl (C=O) groups excluding carboxylic acids is 3. The smallest absolute Gasteiger partial charge is 0.328 e. The van der Waals surface area contributed by atoms with Gasteiger partial charge in [0.1, 0.15) is 5.92 Å². The quantitative estimate of drug-likeness (QED) is 0.623. The normalized spacial score (nSPS) is 26.8. The summed E-state index contributed by atoms with van der Waals surface area (Å²) >= 11 is 0. The van der Waals surface area contributed by atoms with Crippen LogP contribution < -0.4 is 10.6 Å². The van der Waals surface area contributed by atoms with E-state index in [4.69, 9.17) is 9.47 Å². The number of carbonyl (C=O) groups is 3. The maximum atomic E-state index is 11.4. The van der Waals surface area contributed by atoms with Gasteiger partial charge in [-0.05, 0) is 35.1 Å². The van der Waals surface area contributed by atoms with Gasteiger partial charge in [0.05, 0.1) is 25.4 Å². The Labute approximate surface area is 145 Å². The number of nitrogens with one attached hydrogen (secondary N) is 2. The zero-order valence-corrected chi connectivity index (χ0v) is 13.9. The first-order chi connectivity index (χ1) is 12.0. The lowest BCUT2D eigenvalue weighted by atomic mass is 9.87. The summed E-state index contributed by atoms with van der Waals surface area (Å²) in [5.74, 6) is -1.94. The Kier molecular flexibility index (Phi) is 4.05. The van der Waals surface area contributed by atoms with Crippen molar-refractivity contribution in [2.24, 2.45) is 11.8 Å². The van der Waals surface area contributed by atoms with Crippen molar-refractivity contribution in [2.45, 2.75) is 32.0 Å². The summed E-state index contributed by atoms with van der Waals surface area (Å²) in [5, 5.41) is 4.17. The van der Waals surface area contributed by atoms with E-state index in [1.165, 1.54) is 16.7 Å². The molecule has 5 rings (SSSR count). The monoisotopic (exact) mass is 344 g/mol. The molecule has 0 aromatic rings. The number of amides is 4. The number of benzene rings is 1. The molecule has 3 unspecified atom stereocenters. The second-order valence-corrected chi connectivity index (χ2v) is 7.03. The Morgan fingerprint density at radius 1 is 1.00 bits per heavy atom. The molecule has 3 heterocycles. The van der Waals surface area contributed by atoms with Crippen LogP contribution >= 0.6 is 0 Å². The minimum absolute atomic E-state index is 0.120. The molecule has 0 aromatic heterocycles. The highest BCUT2D eigenvalue weighted by atomic mass is 16.6.